The van der Waals surface area contributed by atoms with Crippen molar-refractivity contribution in [2.24, 2.45) is 0 Å². The van der Waals surface area contributed by atoms with E-state index in [4.69, 9.17) is 4.74 Å². The van der Waals surface area contributed by atoms with E-state index < -0.39 is 0 Å². The average Bonchev–Trinajstić information content (AvgIpc) is 2.99. The molecule has 1 aliphatic rings. The van der Waals surface area contributed by atoms with Gasteiger partial charge in [0.15, 0.2) is 17.0 Å². The van der Waals surface area contributed by atoms with Gasteiger partial charge in [-0.15, -0.1) is 0 Å². The van der Waals surface area contributed by atoms with Crippen molar-refractivity contribution >= 4 is 22.7 Å². The molecule has 0 spiro atoms. The lowest BCUT2D eigenvalue weighted by molar-refractivity contribution is -0.0298. The minimum Gasteiger partial charge on any atom is -0.508 e. The summed E-state index contributed by atoms with van der Waals surface area (Å²) >= 11 is 0. The van der Waals surface area contributed by atoms with E-state index in [0.29, 0.717) is 29.3 Å². The predicted molar refractivity (Wildman–Crippen MR) is 87.2 cm³/mol. The summed E-state index contributed by atoms with van der Waals surface area (Å²) in [4.78, 5) is 12.5. The SMILES string of the molecule is Oc1cccc(Nc2nc(O)nc3c2ncn3C2CCCCO2)c1. The number of benzene rings is 1. The number of hydrogen-bond donors (Lipinski definition) is 3. The second-order valence-electron chi connectivity index (χ2n) is 5.69. The minimum atomic E-state index is -0.345. The number of phenols is 1. The number of imidazole rings is 1. The van der Waals surface area contributed by atoms with Crippen molar-refractivity contribution < 1.29 is 14.9 Å². The summed E-state index contributed by atoms with van der Waals surface area (Å²) in [5.74, 6) is 0.508. The van der Waals surface area contributed by atoms with Crippen LogP contribution in [-0.2, 0) is 4.74 Å². The van der Waals surface area contributed by atoms with E-state index in [1.54, 1.807) is 30.6 Å². The molecule has 3 N–H and O–H groups in total. The van der Waals surface area contributed by atoms with Crippen molar-refractivity contribution in [1.29, 1.82) is 0 Å². The van der Waals surface area contributed by atoms with E-state index >= 15 is 0 Å². The zero-order valence-electron chi connectivity index (χ0n) is 12.9. The Balaban J connectivity index is 1.74. The Hall–Kier alpha value is -2.87. The van der Waals surface area contributed by atoms with Gasteiger partial charge in [0.05, 0.1) is 6.33 Å². The fourth-order valence-electron chi connectivity index (χ4n) is 2.87. The van der Waals surface area contributed by atoms with Crippen LogP contribution in [0, 0.1) is 0 Å². The first-order chi connectivity index (χ1) is 11.7. The maximum atomic E-state index is 9.89. The maximum Gasteiger partial charge on any atom is 0.318 e. The van der Waals surface area contributed by atoms with Gasteiger partial charge < -0.3 is 20.3 Å². The topological polar surface area (TPSA) is 105 Å². The largest absolute Gasteiger partial charge is 0.508 e. The van der Waals surface area contributed by atoms with Crippen LogP contribution in [0.2, 0.25) is 0 Å². The molecule has 0 saturated carbocycles. The molecule has 8 nitrogen and oxygen atoms in total. The van der Waals surface area contributed by atoms with Gasteiger partial charge >= 0.3 is 6.01 Å². The lowest BCUT2D eigenvalue weighted by Gasteiger charge is -2.23. The molecule has 4 rings (SSSR count). The number of phenolic OH excluding ortho intramolecular Hbond substituents is 1. The lowest BCUT2D eigenvalue weighted by Crippen LogP contribution is -2.17. The van der Waals surface area contributed by atoms with Crippen LogP contribution in [0.25, 0.3) is 11.2 Å². The fourth-order valence-corrected chi connectivity index (χ4v) is 2.87. The molecule has 1 aromatic carbocycles. The number of hydrogen-bond acceptors (Lipinski definition) is 7. The Kier molecular flexibility index (Phi) is 3.66. The molecule has 1 fully saturated rings. The van der Waals surface area contributed by atoms with Gasteiger partial charge in [-0.25, -0.2) is 4.98 Å². The number of rotatable bonds is 3. The number of nitrogens with one attached hydrogen (secondary N) is 1. The van der Waals surface area contributed by atoms with E-state index in [0.717, 1.165) is 19.3 Å². The second-order valence-corrected chi connectivity index (χ2v) is 5.69. The third-order valence-electron chi connectivity index (χ3n) is 3.98. The summed E-state index contributed by atoms with van der Waals surface area (Å²) in [6.45, 7) is 0.704. The molecule has 1 unspecified atom stereocenters. The molecule has 24 heavy (non-hydrogen) atoms. The number of fused-ring (bicyclic) bond motifs is 1. The summed E-state index contributed by atoms with van der Waals surface area (Å²) in [7, 11) is 0. The van der Waals surface area contributed by atoms with Gasteiger partial charge in [-0.05, 0) is 31.4 Å². The molecule has 8 heteroatoms. The van der Waals surface area contributed by atoms with Crippen molar-refractivity contribution in [3.8, 4) is 11.8 Å². The highest BCUT2D eigenvalue weighted by Crippen LogP contribution is 2.30. The smallest absolute Gasteiger partial charge is 0.318 e. The van der Waals surface area contributed by atoms with Crippen LogP contribution in [-0.4, -0.2) is 36.3 Å². The first-order valence-corrected chi connectivity index (χ1v) is 7.82. The third kappa shape index (κ3) is 2.71. The summed E-state index contributed by atoms with van der Waals surface area (Å²) in [5.41, 5.74) is 1.68. The van der Waals surface area contributed by atoms with Crippen LogP contribution in [0.3, 0.4) is 0 Å². The van der Waals surface area contributed by atoms with Gasteiger partial charge in [0.1, 0.15) is 12.0 Å². The Morgan fingerprint density at radius 2 is 2.12 bits per heavy atom. The van der Waals surface area contributed by atoms with E-state index in [9.17, 15) is 10.2 Å². The van der Waals surface area contributed by atoms with Gasteiger partial charge in [0.25, 0.3) is 0 Å². The van der Waals surface area contributed by atoms with Gasteiger partial charge in [0, 0.05) is 18.4 Å². The Labute approximate surface area is 137 Å². The molecule has 1 aliphatic heterocycles. The van der Waals surface area contributed by atoms with Gasteiger partial charge in [-0.1, -0.05) is 6.07 Å². The first kappa shape index (κ1) is 14.7. The molecule has 1 atom stereocenters. The van der Waals surface area contributed by atoms with Crippen LogP contribution >= 0.6 is 0 Å². The summed E-state index contributed by atoms with van der Waals surface area (Å²) in [5, 5.41) is 22.5. The quantitative estimate of drug-likeness (QED) is 0.679. The molecule has 1 saturated heterocycles. The van der Waals surface area contributed by atoms with E-state index in [2.05, 4.69) is 20.3 Å². The van der Waals surface area contributed by atoms with Crippen LogP contribution in [0.4, 0.5) is 11.5 Å². The number of ether oxygens (including phenoxy) is 1. The van der Waals surface area contributed by atoms with Crippen molar-refractivity contribution in [2.45, 2.75) is 25.5 Å². The second kappa shape index (κ2) is 5.97. The van der Waals surface area contributed by atoms with Crippen molar-refractivity contribution in [1.82, 2.24) is 19.5 Å². The normalized spacial score (nSPS) is 17.9. The highest BCUT2D eigenvalue weighted by atomic mass is 16.5. The molecular weight excluding hydrogens is 310 g/mol. The Morgan fingerprint density at radius 3 is 2.92 bits per heavy atom. The zero-order chi connectivity index (χ0) is 16.5. The summed E-state index contributed by atoms with van der Waals surface area (Å²) < 4.78 is 7.59. The average molecular weight is 327 g/mol. The Bertz CT molecular complexity index is 873. The number of aromatic nitrogens is 4. The number of anilines is 2. The summed E-state index contributed by atoms with van der Waals surface area (Å²) in [6.07, 6.45) is 4.53. The highest BCUT2D eigenvalue weighted by Gasteiger charge is 2.21. The van der Waals surface area contributed by atoms with Crippen LogP contribution < -0.4 is 5.32 Å². The lowest BCUT2D eigenvalue weighted by atomic mass is 10.2. The third-order valence-corrected chi connectivity index (χ3v) is 3.98. The van der Waals surface area contributed by atoms with Gasteiger partial charge in [-0.3, -0.25) is 4.57 Å². The fraction of sp³-hybridized carbons (Fsp3) is 0.312. The predicted octanol–water partition coefficient (Wildman–Crippen LogP) is 2.68. The van der Waals surface area contributed by atoms with Crippen molar-refractivity contribution in [3.05, 3.63) is 30.6 Å². The monoisotopic (exact) mass is 327 g/mol. The minimum absolute atomic E-state index is 0.133. The van der Waals surface area contributed by atoms with Gasteiger partial charge in [-0.2, -0.15) is 9.97 Å². The van der Waals surface area contributed by atoms with Crippen molar-refractivity contribution in [3.63, 3.8) is 0 Å². The molecule has 0 radical (unpaired) electrons. The van der Waals surface area contributed by atoms with E-state index in [1.165, 1.54) is 0 Å². The molecule has 0 amide bonds. The van der Waals surface area contributed by atoms with E-state index in [-0.39, 0.29) is 18.0 Å². The van der Waals surface area contributed by atoms with E-state index in [1.807, 2.05) is 4.57 Å². The zero-order valence-corrected chi connectivity index (χ0v) is 12.9. The number of aromatic hydroxyl groups is 2. The first-order valence-electron chi connectivity index (χ1n) is 7.82. The summed E-state index contributed by atoms with van der Waals surface area (Å²) in [6, 6.07) is 6.29. The standard InChI is InChI=1S/C16H17N5O3/c22-11-5-3-4-10(8-11)18-14-13-15(20-16(23)19-14)21(9-17-13)12-6-1-2-7-24-12/h3-5,8-9,12,22H,1-2,6-7H2,(H2,18,19,20,23). The number of nitrogens with zero attached hydrogens (tertiary/aromatic N) is 4. The van der Waals surface area contributed by atoms with Crippen LogP contribution in [0.15, 0.2) is 30.6 Å². The molecule has 2 aromatic heterocycles. The van der Waals surface area contributed by atoms with Crippen LogP contribution in [0.1, 0.15) is 25.5 Å². The molecule has 0 bridgehead atoms. The molecule has 3 heterocycles. The molecule has 3 aromatic rings. The highest BCUT2D eigenvalue weighted by molar-refractivity contribution is 5.85. The van der Waals surface area contributed by atoms with Gasteiger partial charge in [0.2, 0.25) is 0 Å². The maximum absolute atomic E-state index is 9.89. The molecule has 0 aliphatic carbocycles. The van der Waals surface area contributed by atoms with Crippen LogP contribution in [0.5, 0.6) is 11.8 Å². The Morgan fingerprint density at radius 1 is 1.21 bits per heavy atom. The molecule has 124 valence electrons. The van der Waals surface area contributed by atoms with Crippen molar-refractivity contribution in [2.75, 3.05) is 11.9 Å². The molecular formula is C16H17N5O3.